The van der Waals surface area contributed by atoms with E-state index < -0.39 is 66.1 Å². The molecule has 0 bridgehead atoms. The number of esters is 3. The molecule has 0 spiro atoms. The summed E-state index contributed by atoms with van der Waals surface area (Å²) in [7, 11) is 0. The molecule has 4 aromatic rings. The Morgan fingerprint density at radius 3 is 1.74 bits per heavy atom. The monoisotopic (exact) mass is 574 g/mol. The number of aromatic nitrogens is 2. The van der Waals surface area contributed by atoms with Crippen molar-refractivity contribution < 1.29 is 37.7 Å². The third-order valence-corrected chi connectivity index (χ3v) is 6.38. The number of ether oxygens (including phenoxy) is 4. The second-order valence-corrected chi connectivity index (χ2v) is 9.15. The molecule has 4 atom stereocenters. The number of carbonyl (C=O) groups excluding carboxylic acids is 3. The minimum Gasteiger partial charge on any atom is -0.459 e. The first-order valence-corrected chi connectivity index (χ1v) is 12.7. The van der Waals surface area contributed by atoms with Crippen molar-refractivity contribution in [3.63, 3.8) is 0 Å². The lowest BCUT2D eigenvalue weighted by Crippen LogP contribution is -2.43. The van der Waals surface area contributed by atoms with Crippen molar-refractivity contribution in [2.75, 3.05) is 6.61 Å². The Labute approximate surface area is 237 Å². The van der Waals surface area contributed by atoms with Gasteiger partial charge in [-0.2, -0.15) is 4.39 Å². The van der Waals surface area contributed by atoms with Gasteiger partial charge in [0.2, 0.25) is 5.82 Å². The number of H-pyrrole nitrogens is 1. The number of rotatable bonds is 8. The highest BCUT2D eigenvalue weighted by Crippen LogP contribution is 2.34. The lowest BCUT2D eigenvalue weighted by Gasteiger charge is -2.25. The fourth-order valence-electron chi connectivity index (χ4n) is 4.33. The van der Waals surface area contributed by atoms with Crippen molar-refractivity contribution in [3.8, 4) is 0 Å². The van der Waals surface area contributed by atoms with E-state index in [1.807, 2.05) is 4.98 Å². The highest BCUT2D eigenvalue weighted by Gasteiger charge is 2.51. The minimum absolute atomic E-state index is 0.128. The zero-order chi connectivity index (χ0) is 29.6. The van der Waals surface area contributed by atoms with Crippen molar-refractivity contribution in [1.29, 1.82) is 0 Å². The van der Waals surface area contributed by atoms with E-state index in [4.69, 9.17) is 18.9 Å². The fraction of sp³-hybridized carbons (Fsp3) is 0.167. The second-order valence-electron chi connectivity index (χ2n) is 9.15. The summed E-state index contributed by atoms with van der Waals surface area (Å²) < 4.78 is 37.8. The molecule has 1 aromatic heterocycles. The highest BCUT2D eigenvalue weighted by atomic mass is 19.1. The van der Waals surface area contributed by atoms with Gasteiger partial charge < -0.3 is 18.9 Å². The van der Waals surface area contributed by atoms with Crippen molar-refractivity contribution in [1.82, 2.24) is 9.55 Å². The van der Waals surface area contributed by atoms with E-state index in [0.717, 1.165) is 0 Å². The van der Waals surface area contributed by atoms with Gasteiger partial charge in [-0.1, -0.05) is 54.6 Å². The Balaban J connectivity index is 1.52. The highest BCUT2D eigenvalue weighted by molar-refractivity contribution is 5.91. The molecule has 0 radical (unpaired) electrons. The van der Waals surface area contributed by atoms with Crippen molar-refractivity contribution in [3.05, 3.63) is 141 Å². The average Bonchev–Trinajstić information content (AvgIpc) is 3.34. The van der Waals surface area contributed by atoms with Crippen LogP contribution in [0.1, 0.15) is 37.3 Å². The Kier molecular flexibility index (Phi) is 8.34. The van der Waals surface area contributed by atoms with Crippen LogP contribution in [0.5, 0.6) is 0 Å². The molecular weight excluding hydrogens is 551 g/mol. The number of benzene rings is 3. The third-order valence-electron chi connectivity index (χ3n) is 6.38. The molecule has 5 rings (SSSR count). The third kappa shape index (κ3) is 6.18. The van der Waals surface area contributed by atoms with Crippen LogP contribution in [0.15, 0.2) is 107 Å². The molecule has 0 unspecified atom stereocenters. The number of nitrogens with one attached hydrogen (secondary N) is 1. The molecule has 12 heteroatoms. The summed E-state index contributed by atoms with van der Waals surface area (Å²) in [5.74, 6) is -3.73. The van der Waals surface area contributed by atoms with E-state index >= 15 is 0 Å². The van der Waals surface area contributed by atoms with Gasteiger partial charge in [0.1, 0.15) is 12.7 Å². The van der Waals surface area contributed by atoms with Gasteiger partial charge in [0.25, 0.3) is 5.56 Å². The molecule has 42 heavy (non-hydrogen) atoms. The molecule has 0 amide bonds. The topological polar surface area (TPSA) is 143 Å². The second kappa shape index (κ2) is 12.4. The quantitative estimate of drug-likeness (QED) is 0.248. The number of carbonyl (C=O) groups is 3. The van der Waals surface area contributed by atoms with Crippen LogP contribution in [0.3, 0.4) is 0 Å². The molecule has 1 saturated heterocycles. The summed E-state index contributed by atoms with van der Waals surface area (Å²) >= 11 is 0. The number of hydrogen-bond acceptors (Lipinski definition) is 9. The molecule has 1 N–H and O–H groups in total. The van der Waals surface area contributed by atoms with Crippen LogP contribution in [0.2, 0.25) is 0 Å². The van der Waals surface area contributed by atoms with E-state index in [1.54, 1.807) is 54.6 Å². The van der Waals surface area contributed by atoms with Gasteiger partial charge in [0, 0.05) is 0 Å². The van der Waals surface area contributed by atoms with Gasteiger partial charge in [-0.05, 0) is 36.4 Å². The Morgan fingerprint density at radius 1 is 0.738 bits per heavy atom. The summed E-state index contributed by atoms with van der Waals surface area (Å²) in [6.45, 7) is -0.503. The van der Waals surface area contributed by atoms with Crippen LogP contribution in [0.25, 0.3) is 0 Å². The zero-order valence-electron chi connectivity index (χ0n) is 21.8. The molecule has 11 nitrogen and oxygen atoms in total. The fourth-order valence-corrected chi connectivity index (χ4v) is 4.33. The smallest absolute Gasteiger partial charge is 0.338 e. The van der Waals surface area contributed by atoms with Gasteiger partial charge in [-0.25, -0.2) is 19.2 Å². The average molecular weight is 575 g/mol. The molecule has 0 aliphatic carbocycles. The molecule has 0 saturated carbocycles. The maximum absolute atomic E-state index is 14.3. The summed E-state index contributed by atoms with van der Waals surface area (Å²) in [4.78, 5) is 65.1. The van der Waals surface area contributed by atoms with Gasteiger partial charge >= 0.3 is 23.6 Å². The predicted octanol–water partition coefficient (Wildman–Crippen LogP) is 2.88. The number of halogens is 1. The van der Waals surface area contributed by atoms with Crippen molar-refractivity contribution in [2.45, 2.75) is 24.5 Å². The minimum atomic E-state index is -1.59. The van der Waals surface area contributed by atoms with Crippen LogP contribution in [-0.4, -0.2) is 52.4 Å². The maximum Gasteiger partial charge on any atom is 0.338 e. The van der Waals surface area contributed by atoms with Crippen molar-refractivity contribution in [2.24, 2.45) is 0 Å². The van der Waals surface area contributed by atoms with E-state index in [-0.39, 0.29) is 16.7 Å². The largest absolute Gasteiger partial charge is 0.459 e. The van der Waals surface area contributed by atoms with E-state index in [1.165, 1.54) is 36.4 Å². The first-order valence-electron chi connectivity index (χ1n) is 12.7. The SMILES string of the molecule is O=C(OC[C@@H]1O[C@H](n2cc(F)c(=O)[nH]c2=O)[C@@H](OC(=O)c2ccccc2)[C@H]1OC(=O)c1ccccc1)c1ccccc1. The number of nitrogens with zero attached hydrogens (tertiary/aromatic N) is 1. The van der Waals surface area contributed by atoms with Crippen LogP contribution in [-0.2, 0) is 18.9 Å². The number of hydrogen-bond donors (Lipinski definition) is 1. The summed E-state index contributed by atoms with van der Waals surface area (Å²) in [5, 5.41) is 0. The lowest BCUT2D eigenvalue weighted by atomic mass is 10.1. The predicted molar refractivity (Wildman–Crippen MR) is 143 cm³/mol. The molecule has 1 fully saturated rings. The van der Waals surface area contributed by atoms with Crippen LogP contribution < -0.4 is 11.2 Å². The van der Waals surface area contributed by atoms with E-state index in [2.05, 4.69) is 0 Å². The number of aromatic amines is 1. The first-order chi connectivity index (χ1) is 20.3. The molecule has 214 valence electrons. The molecule has 1 aliphatic rings. The first kappa shape index (κ1) is 28.2. The molecular formula is C30H23FN2O9. The maximum atomic E-state index is 14.3. The zero-order valence-corrected chi connectivity index (χ0v) is 21.8. The van der Waals surface area contributed by atoms with Crippen LogP contribution in [0, 0.1) is 5.82 Å². The molecule has 3 aromatic carbocycles. The lowest BCUT2D eigenvalue weighted by molar-refractivity contribution is -0.0643. The summed E-state index contributed by atoms with van der Waals surface area (Å²) in [6, 6.07) is 23.8. The van der Waals surface area contributed by atoms with Gasteiger partial charge in [-0.3, -0.25) is 14.3 Å². The summed E-state index contributed by atoms with van der Waals surface area (Å²) in [5.41, 5.74) is -1.84. The standard InChI is InChI=1S/C30H23FN2O9/c31-21-16-33(30(38)32-25(21)34)26-24(42-29(37)20-14-8-3-9-15-20)23(41-28(36)19-12-6-2-7-13-19)22(40-26)17-39-27(35)18-10-4-1-5-11-18/h1-16,22-24,26H,17H2,(H,32,34,38)/t22-,23-,24-,26-/m0/s1. The van der Waals surface area contributed by atoms with Crippen LogP contribution >= 0.6 is 0 Å². The van der Waals surface area contributed by atoms with Gasteiger partial charge in [-0.15, -0.1) is 0 Å². The summed E-state index contributed by atoms with van der Waals surface area (Å²) in [6.07, 6.45) is -5.28. The Bertz CT molecular complexity index is 1690. The Hall–Kier alpha value is -5.36. The van der Waals surface area contributed by atoms with Gasteiger partial charge in [0.15, 0.2) is 18.4 Å². The normalized spacial score (nSPS) is 19.5. The van der Waals surface area contributed by atoms with Crippen molar-refractivity contribution >= 4 is 17.9 Å². The van der Waals surface area contributed by atoms with Crippen LogP contribution in [0.4, 0.5) is 4.39 Å². The van der Waals surface area contributed by atoms with E-state index in [0.29, 0.717) is 10.8 Å². The van der Waals surface area contributed by atoms with E-state index in [9.17, 15) is 28.4 Å². The molecule has 1 aliphatic heterocycles. The van der Waals surface area contributed by atoms with Gasteiger partial charge in [0.05, 0.1) is 22.9 Å². The Morgan fingerprint density at radius 2 is 1.21 bits per heavy atom. The molecule has 2 heterocycles.